The van der Waals surface area contributed by atoms with Gasteiger partial charge in [-0.2, -0.15) is 5.26 Å². The van der Waals surface area contributed by atoms with Crippen LogP contribution in [0.1, 0.15) is 32.6 Å². The summed E-state index contributed by atoms with van der Waals surface area (Å²) in [7, 11) is 0. The van der Waals surface area contributed by atoms with Crippen molar-refractivity contribution < 1.29 is 9.90 Å². The predicted molar refractivity (Wildman–Crippen MR) is 56.3 cm³/mol. The van der Waals surface area contributed by atoms with Crippen LogP contribution < -0.4 is 0 Å². The van der Waals surface area contributed by atoms with E-state index < -0.39 is 11.4 Å². The Labute approximate surface area is 90.5 Å². The quantitative estimate of drug-likeness (QED) is 0.714. The Morgan fingerprint density at radius 2 is 2.40 bits per heavy atom. The number of aliphatic carboxylic acids is 1. The molecule has 1 unspecified atom stereocenters. The number of piperidine rings is 1. The third kappa shape index (κ3) is 2.69. The molecule has 1 N–H and O–H groups in total. The standard InChI is InChI=1S/C11H18N2O2/c1-2-4-11(10(14)15)5-3-7-13(9-11)8-6-12/h2-5,7-9H2,1H3,(H,14,15). The number of rotatable bonds is 4. The normalized spacial score (nSPS) is 27.2. The van der Waals surface area contributed by atoms with Gasteiger partial charge in [-0.15, -0.1) is 0 Å². The van der Waals surface area contributed by atoms with Crippen LogP contribution in [0.4, 0.5) is 0 Å². The molecule has 1 fully saturated rings. The molecule has 4 nitrogen and oxygen atoms in total. The minimum absolute atomic E-state index is 0.346. The number of nitrogens with zero attached hydrogens (tertiary/aromatic N) is 2. The van der Waals surface area contributed by atoms with E-state index in [-0.39, 0.29) is 0 Å². The van der Waals surface area contributed by atoms with E-state index in [1.165, 1.54) is 0 Å². The smallest absolute Gasteiger partial charge is 0.310 e. The molecule has 0 saturated carbocycles. The lowest BCUT2D eigenvalue weighted by Gasteiger charge is -2.38. The van der Waals surface area contributed by atoms with Crippen LogP contribution in [0.2, 0.25) is 0 Å². The average Bonchev–Trinajstić information content (AvgIpc) is 2.19. The number of nitriles is 1. The second-order valence-electron chi connectivity index (χ2n) is 4.31. The fraction of sp³-hybridized carbons (Fsp3) is 0.818. The number of carboxylic acids is 1. The largest absolute Gasteiger partial charge is 0.481 e. The number of hydrogen-bond acceptors (Lipinski definition) is 3. The number of likely N-dealkylation sites (tertiary alicyclic amines) is 1. The Hall–Kier alpha value is -1.08. The van der Waals surface area contributed by atoms with Gasteiger partial charge in [-0.1, -0.05) is 13.3 Å². The van der Waals surface area contributed by atoms with Crippen molar-refractivity contribution in [2.75, 3.05) is 19.6 Å². The summed E-state index contributed by atoms with van der Waals surface area (Å²) in [5, 5.41) is 17.9. The van der Waals surface area contributed by atoms with Gasteiger partial charge in [-0.05, 0) is 25.8 Å². The molecule has 1 aliphatic heterocycles. The monoisotopic (exact) mass is 210 g/mol. The lowest BCUT2D eigenvalue weighted by molar-refractivity contribution is -0.153. The maximum Gasteiger partial charge on any atom is 0.310 e. The van der Waals surface area contributed by atoms with E-state index in [0.717, 1.165) is 25.8 Å². The highest BCUT2D eigenvalue weighted by atomic mass is 16.4. The van der Waals surface area contributed by atoms with Crippen molar-refractivity contribution in [3.05, 3.63) is 0 Å². The van der Waals surface area contributed by atoms with Crippen LogP contribution >= 0.6 is 0 Å². The Bertz CT molecular complexity index is 268. The Kier molecular flexibility index (Phi) is 4.10. The zero-order valence-electron chi connectivity index (χ0n) is 9.20. The first-order valence-corrected chi connectivity index (χ1v) is 5.47. The summed E-state index contributed by atoms with van der Waals surface area (Å²) in [5.41, 5.74) is -0.607. The molecular weight excluding hydrogens is 192 g/mol. The average molecular weight is 210 g/mol. The summed E-state index contributed by atoms with van der Waals surface area (Å²) >= 11 is 0. The molecule has 15 heavy (non-hydrogen) atoms. The van der Waals surface area contributed by atoms with Crippen LogP contribution in [-0.4, -0.2) is 35.6 Å². The third-order valence-electron chi connectivity index (χ3n) is 3.13. The zero-order valence-corrected chi connectivity index (χ0v) is 9.20. The van der Waals surface area contributed by atoms with E-state index in [2.05, 4.69) is 6.07 Å². The van der Waals surface area contributed by atoms with Crippen LogP contribution in [0.5, 0.6) is 0 Å². The Morgan fingerprint density at radius 3 is 2.93 bits per heavy atom. The minimum atomic E-state index is -0.702. The number of hydrogen-bond donors (Lipinski definition) is 1. The molecule has 0 amide bonds. The molecule has 0 aromatic rings. The van der Waals surface area contributed by atoms with Crippen molar-refractivity contribution in [2.24, 2.45) is 5.41 Å². The fourth-order valence-electron chi connectivity index (χ4n) is 2.43. The molecular formula is C11H18N2O2. The number of carboxylic acid groups (broad SMARTS) is 1. The van der Waals surface area contributed by atoms with Gasteiger partial charge in [0.05, 0.1) is 18.0 Å². The van der Waals surface area contributed by atoms with Crippen LogP contribution in [0.3, 0.4) is 0 Å². The summed E-state index contributed by atoms with van der Waals surface area (Å²) in [4.78, 5) is 13.3. The lowest BCUT2D eigenvalue weighted by atomic mass is 9.76. The number of carbonyl (C=O) groups is 1. The topological polar surface area (TPSA) is 64.3 Å². The first-order chi connectivity index (χ1) is 7.14. The van der Waals surface area contributed by atoms with Crippen molar-refractivity contribution in [3.8, 4) is 6.07 Å². The lowest BCUT2D eigenvalue weighted by Crippen LogP contribution is -2.47. The van der Waals surface area contributed by atoms with Crippen molar-refractivity contribution in [1.82, 2.24) is 4.90 Å². The van der Waals surface area contributed by atoms with E-state index in [1.54, 1.807) is 0 Å². The SMILES string of the molecule is CCCC1(C(=O)O)CCCN(CC#N)C1. The van der Waals surface area contributed by atoms with Gasteiger partial charge in [-0.3, -0.25) is 9.69 Å². The van der Waals surface area contributed by atoms with Gasteiger partial charge < -0.3 is 5.11 Å². The molecule has 1 heterocycles. The van der Waals surface area contributed by atoms with Crippen molar-refractivity contribution in [2.45, 2.75) is 32.6 Å². The zero-order chi connectivity index (χ0) is 11.3. The predicted octanol–water partition coefficient (Wildman–Crippen LogP) is 1.48. The van der Waals surface area contributed by atoms with E-state index in [9.17, 15) is 9.90 Å². The van der Waals surface area contributed by atoms with Gasteiger partial charge >= 0.3 is 5.97 Å². The molecule has 1 saturated heterocycles. The fourth-order valence-corrected chi connectivity index (χ4v) is 2.43. The highest BCUT2D eigenvalue weighted by Gasteiger charge is 2.41. The minimum Gasteiger partial charge on any atom is -0.481 e. The van der Waals surface area contributed by atoms with Gasteiger partial charge in [0.15, 0.2) is 0 Å². The first kappa shape index (κ1) is 12.0. The van der Waals surface area contributed by atoms with Crippen molar-refractivity contribution in [1.29, 1.82) is 5.26 Å². The highest BCUT2D eigenvalue weighted by molar-refractivity contribution is 5.75. The second-order valence-corrected chi connectivity index (χ2v) is 4.31. The van der Waals surface area contributed by atoms with Gasteiger partial charge in [0.1, 0.15) is 0 Å². The van der Waals surface area contributed by atoms with Gasteiger partial charge in [0.2, 0.25) is 0 Å². The molecule has 0 aromatic heterocycles. The first-order valence-electron chi connectivity index (χ1n) is 5.47. The maximum atomic E-state index is 11.3. The summed E-state index contributed by atoms with van der Waals surface area (Å²) in [6.07, 6.45) is 3.23. The van der Waals surface area contributed by atoms with Gasteiger partial charge in [-0.25, -0.2) is 0 Å². The molecule has 0 radical (unpaired) electrons. The molecule has 0 aliphatic carbocycles. The summed E-state index contributed by atoms with van der Waals surface area (Å²) in [6.45, 7) is 3.74. The molecule has 1 aliphatic rings. The van der Waals surface area contributed by atoms with Crippen LogP contribution in [0, 0.1) is 16.7 Å². The summed E-state index contributed by atoms with van der Waals surface area (Å²) < 4.78 is 0. The molecule has 84 valence electrons. The van der Waals surface area contributed by atoms with Crippen LogP contribution in [0.25, 0.3) is 0 Å². The van der Waals surface area contributed by atoms with Gasteiger partial charge in [0.25, 0.3) is 0 Å². The van der Waals surface area contributed by atoms with E-state index in [4.69, 9.17) is 5.26 Å². The highest BCUT2D eigenvalue weighted by Crippen LogP contribution is 2.34. The molecule has 0 spiro atoms. The maximum absolute atomic E-state index is 11.3. The molecule has 0 aromatic carbocycles. The van der Waals surface area contributed by atoms with Crippen LogP contribution in [-0.2, 0) is 4.79 Å². The second kappa shape index (κ2) is 5.13. The van der Waals surface area contributed by atoms with Gasteiger partial charge in [0, 0.05) is 6.54 Å². The molecule has 1 atom stereocenters. The Morgan fingerprint density at radius 1 is 1.67 bits per heavy atom. The van der Waals surface area contributed by atoms with E-state index >= 15 is 0 Å². The van der Waals surface area contributed by atoms with Crippen LogP contribution in [0.15, 0.2) is 0 Å². The Balaban J connectivity index is 2.71. The summed E-state index contributed by atoms with van der Waals surface area (Å²) in [6, 6.07) is 2.09. The van der Waals surface area contributed by atoms with Crippen molar-refractivity contribution >= 4 is 5.97 Å². The molecule has 1 rings (SSSR count). The molecule has 0 bridgehead atoms. The van der Waals surface area contributed by atoms with Crippen molar-refractivity contribution in [3.63, 3.8) is 0 Å². The van der Waals surface area contributed by atoms with E-state index in [1.807, 2.05) is 11.8 Å². The summed E-state index contributed by atoms with van der Waals surface area (Å²) in [5.74, 6) is -0.702. The van der Waals surface area contributed by atoms with E-state index in [0.29, 0.717) is 19.5 Å². The third-order valence-corrected chi connectivity index (χ3v) is 3.13. The molecule has 4 heteroatoms.